The maximum Gasteiger partial charge on any atom is 0.252 e. The maximum absolute atomic E-state index is 12.2. The minimum atomic E-state index is -0.530. The van der Waals surface area contributed by atoms with Crippen molar-refractivity contribution in [1.82, 2.24) is 5.32 Å². The van der Waals surface area contributed by atoms with Crippen LogP contribution in [0.3, 0.4) is 0 Å². The lowest BCUT2D eigenvalue weighted by Crippen LogP contribution is -2.54. The highest BCUT2D eigenvalue weighted by Crippen LogP contribution is 2.21. The van der Waals surface area contributed by atoms with Crippen LogP contribution in [0.4, 0.5) is 0 Å². The lowest BCUT2D eigenvalue weighted by atomic mass is 9.90. The van der Waals surface area contributed by atoms with E-state index in [-0.39, 0.29) is 12.5 Å². The Balaban J connectivity index is 2.13. The predicted molar refractivity (Wildman–Crippen MR) is 68.5 cm³/mol. The Labute approximate surface area is 107 Å². The Hall–Kier alpha value is -1.39. The van der Waals surface area contributed by atoms with Gasteiger partial charge in [0.2, 0.25) is 0 Å². The van der Waals surface area contributed by atoms with Gasteiger partial charge in [-0.25, -0.2) is 0 Å². The molecular weight excluding hydrogens is 230 g/mol. The molecular formula is C14H19NO3. The molecule has 1 saturated heterocycles. The molecule has 0 aliphatic carbocycles. The Morgan fingerprint density at radius 2 is 2.06 bits per heavy atom. The third-order valence-corrected chi connectivity index (χ3v) is 3.52. The summed E-state index contributed by atoms with van der Waals surface area (Å²) in [5.41, 5.74) is 1.07. The second-order valence-electron chi connectivity index (χ2n) is 4.82. The molecule has 1 heterocycles. The number of rotatable bonds is 3. The van der Waals surface area contributed by atoms with Crippen LogP contribution in [-0.4, -0.2) is 36.4 Å². The standard InChI is InChI=1S/C14H19NO3/c1-11-4-2-3-5-12(11)13(17)15-14(10-16)6-8-18-9-7-14/h2-5,16H,6-10H2,1H3,(H,15,17). The summed E-state index contributed by atoms with van der Waals surface area (Å²) in [6, 6.07) is 7.46. The summed E-state index contributed by atoms with van der Waals surface area (Å²) in [5, 5.41) is 12.5. The van der Waals surface area contributed by atoms with Crippen LogP contribution in [0.1, 0.15) is 28.8 Å². The number of aliphatic hydroxyl groups excluding tert-OH is 1. The van der Waals surface area contributed by atoms with Crippen LogP contribution in [0.25, 0.3) is 0 Å². The summed E-state index contributed by atoms with van der Waals surface area (Å²) >= 11 is 0. The molecule has 4 nitrogen and oxygen atoms in total. The number of aryl methyl sites for hydroxylation is 1. The highest BCUT2D eigenvalue weighted by atomic mass is 16.5. The van der Waals surface area contributed by atoms with Crippen molar-refractivity contribution in [2.45, 2.75) is 25.3 Å². The average Bonchev–Trinajstić information content (AvgIpc) is 2.40. The monoisotopic (exact) mass is 249 g/mol. The molecule has 2 rings (SSSR count). The number of carbonyl (C=O) groups is 1. The average molecular weight is 249 g/mol. The van der Waals surface area contributed by atoms with Crippen LogP contribution >= 0.6 is 0 Å². The number of benzene rings is 1. The van der Waals surface area contributed by atoms with Gasteiger partial charge in [0.05, 0.1) is 12.1 Å². The molecule has 1 aliphatic rings. The number of ether oxygens (including phenoxy) is 1. The van der Waals surface area contributed by atoms with Gasteiger partial charge < -0.3 is 15.2 Å². The molecule has 98 valence electrons. The van der Waals surface area contributed by atoms with Crippen LogP contribution in [0.15, 0.2) is 24.3 Å². The van der Waals surface area contributed by atoms with Gasteiger partial charge >= 0.3 is 0 Å². The van der Waals surface area contributed by atoms with Crippen LogP contribution in [-0.2, 0) is 4.74 Å². The number of carbonyl (C=O) groups excluding carboxylic acids is 1. The zero-order chi connectivity index (χ0) is 13.0. The van der Waals surface area contributed by atoms with Gasteiger partial charge in [-0.2, -0.15) is 0 Å². The fraction of sp³-hybridized carbons (Fsp3) is 0.500. The van der Waals surface area contributed by atoms with Crippen molar-refractivity contribution in [3.05, 3.63) is 35.4 Å². The second kappa shape index (κ2) is 5.50. The maximum atomic E-state index is 12.2. The molecule has 1 aliphatic heterocycles. The van der Waals surface area contributed by atoms with Crippen molar-refractivity contribution >= 4 is 5.91 Å². The van der Waals surface area contributed by atoms with E-state index in [1.165, 1.54) is 0 Å². The molecule has 1 aromatic carbocycles. The van der Waals surface area contributed by atoms with Gasteiger partial charge in [0.15, 0.2) is 0 Å². The highest BCUT2D eigenvalue weighted by Gasteiger charge is 2.33. The van der Waals surface area contributed by atoms with E-state index in [4.69, 9.17) is 4.74 Å². The van der Waals surface area contributed by atoms with Gasteiger partial charge in [-0.1, -0.05) is 18.2 Å². The fourth-order valence-electron chi connectivity index (χ4n) is 2.22. The Kier molecular flexibility index (Phi) is 3.99. The lowest BCUT2D eigenvalue weighted by molar-refractivity contribution is 0.0125. The first-order valence-corrected chi connectivity index (χ1v) is 6.24. The van der Waals surface area contributed by atoms with Crippen LogP contribution in [0.5, 0.6) is 0 Å². The molecule has 0 radical (unpaired) electrons. The van der Waals surface area contributed by atoms with Crippen molar-refractivity contribution in [2.75, 3.05) is 19.8 Å². The van der Waals surface area contributed by atoms with Crippen LogP contribution in [0, 0.1) is 6.92 Å². The summed E-state index contributed by atoms with van der Waals surface area (Å²) in [4.78, 5) is 12.2. The van der Waals surface area contributed by atoms with Crippen molar-refractivity contribution in [1.29, 1.82) is 0 Å². The number of hydrogen-bond donors (Lipinski definition) is 2. The predicted octanol–water partition coefficient (Wildman–Crippen LogP) is 1.27. The van der Waals surface area contributed by atoms with Crippen molar-refractivity contribution in [3.63, 3.8) is 0 Å². The molecule has 0 atom stereocenters. The molecule has 1 aromatic rings. The van der Waals surface area contributed by atoms with Gasteiger partial charge in [-0.3, -0.25) is 4.79 Å². The van der Waals surface area contributed by atoms with E-state index in [1.54, 1.807) is 6.07 Å². The zero-order valence-electron chi connectivity index (χ0n) is 10.6. The number of amides is 1. The van der Waals surface area contributed by atoms with Gasteiger partial charge in [-0.15, -0.1) is 0 Å². The minimum Gasteiger partial charge on any atom is -0.394 e. The van der Waals surface area contributed by atoms with Gasteiger partial charge in [0.25, 0.3) is 5.91 Å². The van der Waals surface area contributed by atoms with Crippen LogP contribution < -0.4 is 5.32 Å². The van der Waals surface area contributed by atoms with E-state index >= 15 is 0 Å². The van der Waals surface area contributed by atoms with E-state index in [2.05, 4.69) is 5.32 Å². The molecule has 4 heteroatoms. The number of hydrogen-bond acceptors (Lipinski definition) is 3. The van der Waals surface area contributed by atoms with E-state index in [1.807, 2.05) is 25.1 Å². The lowest BCUT2D eigenvalue weighted by Gasteiger charge is -2.36. The summed E-state index contributed by atoms with van der Waals surface area (Å²) in [6.07, 6.45) is 1.31. The molecule has 0 saturated carbocycles. The molecule has 0 spiro atoms. The Morgan fingerprint density at radius 3 is 2.67 bits per heavy atom. The largest absolute Gasteiger partial charge is 0.394 e. The summed E-state index contributed by atoms with van der Waals surface area (Å²) in [6.45, 7) is 3.02. The first kappa shape index (κ1) is 13.1. The van der Waals surface area contributed by atoms with Crippen LogP contribution in [0.2, 0.25) is 0 Å². The molecule has 2 N–H and O–H groups in total. The number of nitrogens with one attached hydrogen (secondary N) is 1. The highest BCUT2D eigenvalue weighted by molar-refractivity contribution is 5.96. The SMILES string of the molecule is Cc1ccccc1C(=O)NC1(CO)CCOCC1. The summed E-state index contributed by atoms with van der Waals surface area (Å²) < 4.78 is 5.28. The van der Waals surface area contributed by atoms with E-state index in [0.717, 1.165) is 5.56 Å². The fourth-order valence-corrected chi connectivity index (χ4v) is 2.22. The molecule has 0 unspecified atom stereocenters. The normalized spacial score (nSPS) is 18.3. The minimum absolute atomic E-state index is 0.0476. The van der Waals surface area contributed by atoms with Gasteiger partial charge in [-0.05, 0) is 31.4 Å². The van der Waals surface area contributed by atoms with Crippen molar-refractivity contribution < 1.29 is 14.6 Å². The topological polar surface area (TPSA) is 58.6 Å². The smallest absolute Gasteiger partial charge is 0.252 e. The third-order valence-electron chi connectivity index (χ3n) is 3.52. The number of aliphatic hydroxyl groups is 1. The third kappa shape index (κ3) is 2.71. The molecule has 1 amide bonds. The van der Waals surface area contributed by atoms with E-state index in [0.29, 0.717) is 31.6 Å². The first-order chi connectivity index (χ1) is 8.67. The molecule has 18 heavy (non-hydrogen) atoms. The quantitative estimate of drug-likeness (QED) is 0.848. The summed E-state index contributed by atoms with van der Waals surface area (Å²) in [5.74, 6) is -0.121. The second-order valence-corrected chi connectivity index (χ2v) is 4.82. The van der Waals surface area contributed by atoms with Crippen molar-refractivity contribution in [3.8, 4) is 0 Å². The van der Waals surface area contributed by atoms with Gasteiger partial charge in [0, 0.05) is 18.8 Å². The Morgan fingerprint density at radius 1 is 1.39 bits per heavy atom. The van der Waals surface area contributed by atoms with E-state index in [9.17, 15) is 9.90 Å². The van der Waals surface area contributed by atoms with Gasteiger partial charge in [0.1, 0.15) is 0 Å². The molecule has 0 bridgehead atoms. The molecule has 1 fully saturated rings. The summed E-state index contributed by atoms with van der Waals surface area (Å²) in [7, 11) is 0. The zero-order valence-corrected chi connectivity index (χ0v) is 10.6. The van der Waals surface area contributed by atoms with Crippen molar-refractivity contribution in [2.24, 2.45) is 0 Å². The Bertz CT molecular complexity index is 425. The molecule has 0 aromatic heterocycles. The first-order valence-electron chi connectivity index (χ1n) is 6.24. The van der Waals surface area contributed by atoms with E-state index < -0.39 is 5.54 Å².